The van der Waals surface area contributed by atoms with Gasteiger partial charge in [-0.3, -0.25) is 5.32 Å². The van der Waals surface area contributed by atoms with Crippen LogP contribution in [-0.4, -0.2) is 75.7 Å². The van der Waals surface area contributed by atoms with E-state index in [9.17, 15) is 15.0 Å². The summed E-state index contributed by atoms with van der Waals surface area (Å²) in [5.41, 5.74) is 0.368. The molecular formula is C15H22N4O3S. The lowest BCUT2D eigenvalue weighted by molar-refractivity contribution is -0.653. The Balaban J connectivity index is 1.50. The van der Waals surface area contributed by atoms with Crippen molar-refractivity contribution in [2.45, 2.75) is 37.2 Å². The lowest BCUT2D eigenvalue weighted by Crippen LogP contribution is -2.36. The van der Waals surface area contributed by atoms with Crippen molar-refractivity contribution in [1.82, 2.24) is 15.2 Å². The fraction of sp³-hybridized carbons (Fsp3) is 0.733. The number of hydrazine groups is 1. The second kappa shape index (κ2) is 5.59. The van der Waals surface area contributed by atoms with Gasteiger partial charge in [0.25, 0.3) is 6.34 Å². The smallest absolute Gasteiger partial charge is 0.257 e. The maximum atomic E-state index is 11.7. The van der Waals surface area contributed by atoms with Crippen molar-refractivity contribution in [3.8, 4) is 0 Å². The molecule has 126 valence electrons. The second-order valence-electron chi connectivity index (χ2n) is 6.85. The summed E-state index contributed by atoms with van der Waals surface area (Å²) in [5.74, 6) is -0.919. The van der Waals surface area contributed by atoms with Crippen LogP contribution in [0.2, 0.25) is 0 Å². The van der Waals surface area contributed by atoms with Gasteiger partial charge in [-0.1, -0.05) is 0 Å². The summed E-state index contributed by atoms with van der Waals surface area (Å²) in [7, 11) is 0. The van der Waals surface area contributed by atoms with Crippen LogP contribution in [0.5, 0.6) is 0 Å². The molecule has 0 aromatic rings. The highest BCUT2D eigenvalue weighted by molar-refractivity contribution is 8.03. The van der Waals surface area contributed by atoms with Gasteiger partial charge < -0.3 is 19.9 Å². The number of nitrogens with one attached hydrogen (secondary N) is 1. The zero-order valence-electron chi connectivity index (χ0n) is 13.1. The minimum absolute atomic E-state index is 0.157. The zero-order chi connectivity index (χ0) is 16.1. The fourth-order valence-corrected chi connectivity index (χ4v) is 5.59. The minimum Gasteiger partial charge on any atom is -0.543 e. The summed E-state index contributed by atoms with van der Waals surface area (Å²) >= 11 is 1.70. The Labute approximate surface area is 139 Å². The molecule has 0 saturated carbocycles. The molecular weight excluding hydrogens is 316 g/mol. The molecule has 4 unspecified atom stereocenters. The molecule has 0 aliphatic carbocycles. The number of rotatable bonds is 4. The predicted octanol–water partition coefficient (Wildman–Crippen LogP) is -1.64. The van der Waals surface area contributed by atoms with Crippen LogP contribution in [0.25, 0.3) is 0 Å². The number of aliphatic hydroxyl groups is 1. The van der Waals surface area contributed by atoms with E-state index in [1.807, 2.05) is 11.2 Å². The molecule has 0 bridgehead atoms. The van der Waals surface area contributed by atoms with Crippen LogP contribution in [-0.2, 0) is 4.79 Å². The molecule has 0 amide bonds. The topological polar surface area (TPSA) is 81.9 Å². The molecule has 23 heavy (non-hydrogen) atoms. The number of thioether (sulfide) groups is 1. The Morgan fingerprint density at radius 1 is 1.57 bits per heavy atom. The van der Waals surface area contributed by atoms with Crippen LogP contribution < -0.4 is 10.4 Å². The Morgan fingerprint density at radius 2 is 2.39 bits per heavy atom. The molecule has 4 aliphatic heterocycles. The lowest BCUT2D eigenvalue weighted by Gasteiger charge is -2.23. The summed E-state index contributed by atoms with van der Waals surface area (Å²) < 4.78 is 2.16. The molecule has 2 saturated heterocycles. The van der Waals surface area contributed by atoms with Crippen LogP contribution in [0, 0.1) is 5.92 Å². The van der Waals surface area contributed by atoms with Gasteiger partial charge in [-0.05, 0) is 13.3 Å². The van der Waals surface area contributed by atoms with Crippen molar-refractivity contribution < 1.29 is 19.7 Å². The summed E-state index contributed by atoms with van der Waals surface area (Å²) in [6, 6.07) is 0.208. The number of carboxylic acids is 1. The first-order chi connectivity index (χ1) is 11.0. The second-order valence-corrected chi connectivity index (χ2v) is 8.24. The molecule has 7 nitrogen and oxygen atoms in total. The summed E-state index contributed by atoms with van der Waals surface area (Å²) in [5, 5.41) is 27.3. The number of carboxylic acid groups (broad SMARTS) is 1. The number of hydrogen-bond acceptors (Lipinski definition) is 7. The number of carbonyl (C=O) groups is 1. The lowest BCUT2D eigenvalue weighted by atomic mass is 9.99. The maximum Gasteiger partial charge on any atom is 0.257 e. The van der Waals surface area contributed by atoms with Gasteiger partial charge in [0.05, 0.1) is 29.6 Å². The summed E-state index contributed by atoms with van der Waals surface area (Å²) in [6.45, 7) is 5.07. The average Bonchev–Trinajstić information content (AvgIpc) is 3.15. The van der Waals surface area contributed by atoms with Crippen LogP contribution in [0.15, 0.2) is 10.6 Å². The number of aliphatic hydroxyl groups excluding tert-OH is 1. The van der Waals surface area contributed by atoms with Crippen LogP contribution in [0.4, 0.5) is 0 Å². The molecule has 4 rings (SSSR count). The van der Waals surface area contributed by atoms with Gasteiger partial charge in [-0.15, -0.1) is 11.8 Å². The molecule has 2 fully saturated rings. The first-order valence-electron chi connectivity index (χ1n) is 8.17. The highest BCUT2D eigenvalue weighted by Gasteiger charge is 2.43. The Hall–Kier alpha value is -1.41. The standard InChI is InChI=1S/C15H22N4O3S/c1-9(20)10-2-11-3-13(14(15(21)22)19(11)4-10)23-12-5-17-7-16-8-18(17)6-12/h7,9-12,20H,2-6,8H2,1H3,(H,21,22). The SMILES string of the molecule is CC(O)C1CC2CC(SC3CN4CNC=[N+]4C3)=C(C(=O)[O-])N2C1. The van der Waals surface area contributed by atoms with Gasteiger partial charge in [0.1, 0.15) is 6.54 Å². The number of hydrogen-bond donors (Lipinski definition) is 2. The number of carbonyl (C=O) groups excluding carboxylic acids is 1. The number of nitrogens with zero attached hydrogens (tertiary/aromatic N) is 3. The van der Waals surface area contributed by atoms with E-state index in [0.29, 0.717) is 17.5 Å². The maximum absolute atomic E-state index is 11.7. The van der Waals surface area contributed by atoms with E-state index in [1.54, 1.807) is 18.7 Å². The Morgan fingerprint density at radius 3 is 3.09 bits per heavy atom. The number of fused-ring (bicyclic) bond motifs is 2. The molecule has 0 spiro atoms. The third-order valence-electron chi connectivity index (χ3n) is 5.29. The van der Waals surface area contributed by atoms with E-state index in [4.69, 9.17) is 0 Å². The Bertz CT molecular complexity index is 591. The predicted molar refractivity (Wildman–Crippen MR) is 84.2 cm³/mol. The fourth-order valence-electron chi connectivity index (χ4n) is 4.11. The van der Waals surface area contributed by atoms with Gasteiger partial charge >= 0.3 is 0 Å². The van der Waals surface area contributed by atoms with Crippen LogP contribution in [0.3, 0.4) is 0 Å². The van der Waals surface area contributed by atoms with E-state index in [1.165, 1.54) is 0 Å². The van der Waals surface area contributed by atoms with Crippen LogP contribution >= 0.6 is 11.8 Å². The number of aliphatic carboxylic acids is 1. The quantitative estimate of drug-likeness (QED) is 0.595. The van der Waals surface area contributed by atoms with Crippen molar-refractivity contribution in [3.05, 3.63) is 10.6 Å². The molecule has 2 N–H and O–H groups in total. The number of hydrazone groups is 1. The largest absolute Gasteiger partial charge is 0.543 e. The Kier molecular flexibility index (Phi) is 3.68. The molecule has 0 aromatic carbocycles. The van der Waals surface area contributed by atoms with Gasteiger partial charge in [-0.2, -0.15) is 4.68 Å². The van der Waals surface area contributed by atoms with E-state index in [2.05, 4.69) is 15.0 Å². The van der Waals surface area contributed by atoms with Crippen molar-refractivity contribution in [3.63, 3.8) is 0 Å². The van der Waals surface area contributed by atoms with Gasteiger partial charge in [0.15, 0.2) is 6.67 Å². The average molecular weight is 338 g/mol. The monoisotopic (exact) mass is 338 g/mol. The third-order valence-corrected chi connectivity index (χ3v) is 6.56. The molecule has 4 atom stereocenters. The normalized spacial score (nSPS) is 33.7. The zero-order valence-corrected chi connectivity index (χ0v) is 14.0. The van der Waals surface area contributed by atoms with E-state index in [0.717, 1.165) is 37.5 Å². The molecule has 4 aliphatic rings. The first-order valence-corrected chi connectivity index (χ1v) is 9.05. The molecule has 8 heteroatoms. The van der Waals surface area contributed by atoms with E-state index >= 15 is 0 Å². The van der Waals surface area contributed by atoms with Gasteiger partial charge in [-0.25, -0.2) is 5.01 Å². The van der Waals surface area contributed by atoms with Crippen molar-refractivity contribution >= 4 is 24.1 Å². The van der Waals surface area contributed by atoms with E-state index < -0.39 is 12.1 Å². The van der Waals surface area contributed by atoms with Gasteiger partial charge in [0.2, 0.25) is 0 Å². The van der Waals surface area contributed by atoms with Crippen molar-refractivity contribution in [2.75, 3.05) is 26.3 Å². The van der Waals surface area contributed by atoms with Gasteiger partial charge in [0, 0.05) is 29.8 Å². The summed E-state index contributed by atoms with van der Waals surface area (Å²) in [6.07, 6.45) is 3.22. The third kappa shape index (κ3) is 2.57. The van der Waals surface area contributed by atoms with Crippen molar-refractivity contribution in [2.24, 2.45) is 5.92 Å². The van der Waals surface area contributed by atoms with E-state index in [-0.39, 0.29) is 12.0 Å². The van der Waals surface area contributed by atoms with Crippen LogP contribution in [0.1, 0.15) is 19.8 Å². The molecule has 4 heterocycles. The van der Waals surface area contributed by atoms with Crippen molar-refractivity contribution in [1.29, 1.82) is 0 Å². The highest BCUT2D eigenvalue weighted by atomic mass is 32.2. The highest BCUT2D eigenvalue weighted by Crippen LogP contribution is 2.44. The minimum atomic E-state index is -1.08. The molecule has 0 radical (unpaired) electrons. The molecule has 0 aromatic heterocycles. The first kappa shape index (κ1) is 15.1. The summed E-state index contributed by atoms with van der Waals surface area (Å²) in [4.78, 5) is 14.6.